The maximum Gasteiger partial charge on any atom is 0.273 e. The normalized spacial score (nSPS) is 10.8. The number of amides is 1. The molecule has 0 aliphatic rings. The van der Waals surface area contributed by atoms with Gasteiger partial charge in [-0.3, -0.25) is 9.78 Å². The summed E-state index contributed by atoms with van der Waals surface area (Å²) in [7, 11) is 1.97. The number of hydrogen-bond donors (Lipinski definition) is 0. The molecule has 0 saturated heterocycles. The Balaban J connectivity index is 1.71. The molecule has 0 fully saturated rings. The highest BCUT2D eigenvalue weighted by Crippen LogP contribution is 2.16. The number of carbonyl (C=O) groups is 1. The zero-order valence-corrected chi connectivity index (χ0v) is 17.2. The van der Waals surface area contributed by atoms with Crippen molar-refractivity contribution >= 4 is 11.7 Å². The van der Waals surface area contributed by atoms with E-state index in [1.54, 1.807) is 18.5 Å². The molecule has 0 unspecified atom stereocenters. The molecule has 1 amide bonds. The van der Waals surface area contributed by atoms with Gasteiger partial charge in [0, 0.05) is 44.6 Å². The third-order valence-electron chi connectivity index (χ3n) is 4.83. The molecule has 0 atom stereocenters. The molecule has 0 bridgehead atoms. The number of pyridine rings is 1. The van der Waals surface area contributed by atoms with Gasteiger partial charge in [0.1, 0.15) is 17.8 Å². The zero-order chi connectivity index (χ0) is 20.6. The van der Waals surface area contributed by atoms with Crippen molar-refractivity contribution in [3.05, 3.63) is 84.1 Å². The molecule has 2 aromatic heterocycles. The van der Waals surface area contributed by atoms with E-state index in [4.69, 9.17) is 0 Å². The maximum atomic E-state index is 13.2. The van der Waals surface area contributed by atoms with Gasteiger partial charge in [-0.2, -0.15) is 0 Å². The van der Waals surface area contributed by atoms with E-state index in [0.29, 0.717) is 12.2 Å². The Kier molecular flexibility index (Phi) is 6.89. The van der Waals surface area contributed by atoms with Crippen LogP contribution in [0.15, 0.2) is 67.3 Å². The van der Waals surface area contributed by atoms with E-state index in [0.717, 1.165) is 24.3 Å². The average Bonchev–Trinajstić information content (AvgIpc) is 2.76. The van der Waals surface area contributed by atoms with Crippen LogP contribution in [0.25, 0.3) is 0 Å². The molecular formula is C23H27N5O. The highest BCUT2D eigenvalue weighted by molar-refractivity contribution is 5.93. The minimum absolute atomic E-state index is 0.0607. The number of benzene rings is 1. The van der Waals surface area contributed by atoms with Crippen LogP contribution in [-0.4, -0.2) is 45.4 Å². The van der Waals surface area contributed by atoms with Crippen molar-refractivity contribution in [3.8, 4) is 0 Å². The molecule has 150 valence electrons. The smallest absolute Gasteiger partial charge is 0.273 e. The Morgan fingerprint density at radius 2 is 1.72 bits per heavy atom. The van der Waals surface area contributed by atoms with Crippen molar-refractivity contribution in [2.45, 2.75) is 32.9 Å². The molecule has 3 aromatic rings. The van der Waals surface area contributed by atoms with Crippen LogP contribution in [0.4, 0.5) is 5.82 Å². The topological polar surface area (TPSA) is 62.2 Å². The van der Waals surface area contributed by atoms with Gasteiger partial charge in [0.25, 0.3) is 5.91 Å². The number of aromatic nitrogens is 3. The summed E-state index contributed by atoms with van der Waals surface area (Å²) in [4.78, 5) is 29.7. The second-order valence-corrected chi connectivity index (χ2v) is 7.30. The number of anilines is 1. The Bertz CT molecular complexity index is 915. The van der Waals surface area contributed by atoms with Crippen LogP contribution in [0, 0.1) is 0 Å². The van der Waals surface area contributed by atoms with Crippen LogP contribution < -0.4 is 4.90 Å². The van der Waals surface area contributed by atoms with Crippen molar-refractivity contribution in [2.24, 2.45) is 0 Å². The second kappa shape index (κ2) is 9.78. The van der Waals surface area contributed by atoms with E-state index in [-0.39, 0.29) is 11.9 Å². The molecule has 0 N–H and O–H groups in total. The Labute approximate surface area is 172 Å². The summed E-state index contributed by atoms with van der Waals surface area (Å²) in [6.07, 6.45) is 5.93. The summed E-state index contributed by atoms with van der Waals surface area (Å²) < 4.78 is 0. The Hall–Kier alpha value is -3.28. The summed E-state index contributed by atoms with van der Waals surface area (Å²) in [5, 5.41) is 0. The predicted molar refractivity (Wildman–Crippen MR) is 115 cm³/mol. The minimum Gasteiger partial charge on any atom is -0.359 e. The van der Waals surface area contributed by atoms with Crippen LogP contribution >= 0.6 is 0 Å². The number of nitrogens with zero attached hydrogens (tertiary/aromatic N) is 5. The molecule has 0 aliphatic carbocycles. The van der Waals surface area contributed by atoms with Crippen LogP contribution in [0.1, 0.15) is 35.5 Å². The highest BCUT2D eigenvalue weighted by atomic mass is 16.2. The quantitative estimate of drug-likeness (QED) is 0.589. The fourth-order valence-corrected chi connectivity index (χ4v) is 3.05. The lowest BCUT2D eigenvalue weighted by molar-refractivity contribution is 0.0684. The summed E-state index contributed by atoms with van der Waals surface area (Å²) in [6, 6.07) is 15.9. The summed E-state index contributed by atoms with van der Waals surface area (Å²) in [5.41, 5.74) is 2.72. The zero-order valence-electron chi connectivity index (χ0n) is 17.2. The van der Waals surface area contributed by atoms with Crippen LogP contribution in [0.5, 0.6) is 0 Å². The van der Waals surface area contributed by atoms with Gasteiger partial charge in [0.15, 0.2) is 0 Å². The number of rotatable bonds is 8. The summed E-state index contributed by atoms with van der Waals surface area (Å²) in [5.74, 6) is 0.649. The van der Waals surface area contributed by atoms with Crippen LogP contribution in [0.3, 0.4) is 0 Å². The summed E-state index contributed by atoms with van der Waals surface area (Å²) >= 11 is 0. The maximum absolute atomic E-state index is 13.2. The van der Waals surface area contributed by atoms with Crippen molar-refractivity contribution in [1.82, 2.24) is 19.9 Å². The van der Waals surface area contributed by atoms with E-state index in [9.17, 15) is 4.79 Å². The van der Waals surface area contributed by atoms with Gasteiger partial charge in [-0.1, -0.05) is 30.3 Å². The molecule has 0 radical (unpaired) electrons. The van der Waals surface area contributed by atoms with Crippen LogP contribution in [0.2, 0.25) is 0 Å². The first-order valence-corrected chi connectivity index (χ1v) is 9.81. The monoisotopic (exact) mass is 389 g/mol. The lowest BCUT2D eigenvalue weighted by Crippen LogP contribution is -2.37. The molecule has 0 saturated carbocycles. The van der Waals surface area contributed by atoms with Crippen LogP contribution in [-0.2, 0) is 13.0 Å². The van der Waals surface area contributed by atoms with Crippen molar-refractivity contribution in [2.75, 3.05) is 18.5 Å². The molecular weight excluding hydrogens is 362 g/mol. The van der Waals surface area contributed by atoms with E-state index < -0.39 is 0 Å². The van der Waals surface area contributed by atoms with Crippen molar-refractivity contribution in [3.63, 3.8) is 0 Å². The molecule has 29 heavy (non-hydrogen) atoms. The minimum atomic E-state index is -0.0879. The molecule has 2 heterocycles. The van der Waals surface area contributed by atoms with E-state index in [2.05, 4.69) is 15.0 Å². The predicted octanol–water partition coefficient (Wildman–Crippen LogP) is 3.60. The average molecular weight is 390 g/mol. The number of hydrogen-bond acceptors (Lipinski definition) is 5. The number of carbonyl (C=O) groups excluding carboxylic acids is 1. The van der Waals surface area contributed by atoms with Gasteiger partial charge in [0.2, 0.25) is 0 Å². The molecule has 3 rings (SSSR count). The Morgan fingerprint density at radius 3 is 2.41 bits per heavy atom. The van der Waals surface area contributed by atoms with Crippen molar-refractivity contribution in [1.29, 1.82) is 0 Å². The molecule has 6 heteroatoms. The third kappa shape index (κ3) is 5.60. The Morgan fingerprint density at radius 1 is 1.00 bits per heavy atom. The van der Waals surface area contributed by atoms with Gasteiger partial charge < -0.3 is 9.80 Å². The molecule has 0 spiro atoms. The highest BCUT2D eigenvalue weighted by Gasteiger charge is 2.21. The fraction of sp³-hybridized carbons (Fsp3) is 0.304. The van der Waals surface area contributed by atoms with Gasteiger partial charge in [-0.15, -0.1) is 0 Å². The second-order valence-electron chi connectivity index (χ2n) is 7.30. The first-order valence-electron chi connectivity index (χ1n) is 9.81. The molecule has 1 aromatic carbocycles. The van der Waals surface area contributed by atoms with Gasteiger partial charge in [0.05, 0.1) is 0 Å². The lowest BCUT2D eigenvalue weighted by atomic mass is 10.1. The van der Waals surface area contributed by atoms with Crippen molar-refractivity contribution < 1.29 is 4.79 Å². The summed E-state index contributed by atoms with van der Waals surface area (Å²) in [6.45, 7) is 5.37. The fourth-order valence-electron chi connectivity index (χ4n) is 3.05. The lowest BCUT2D eigenvalue weighted by Gasteiger charge is -2.27. The van der Waals surface area contributed by atoms with Gasteiger partial charge in [-0.25, -0.2) is 9.97 Å². The molecule has 0 aliphatic heterocycles. The largest absolute Gasteiger partial charge is 0.359 e. The third-order valence-corrected chi connectivity index (χ3v) is 4.83. The molecule has 6 nitrogen and oxygen atoms in total. The first kappa shape index (κ1) is 20.5. The first-order chi connectivity index (χ1) is 14.0. The SMILES string of the molecule is CC(C)N(Cc1ccccc1)C(=O)c1cc(N(C)CCc2ccncc2)ncn1. The van der Waals surface area contributed by atoms with Gasteiger partial charge in [-0.05, 0) is 43.5 Å². The van der Waals surface area contributed by atoms with Gasteiger partial charge >= 0.3 is 0 Å². The van der Waals surface area contributed by atoms with E-state index >= 15 is 0 Å². The standard InChI is InChI=1S/C23H27N5O/c1-18(2)28(16-20-7-5-4-6-8-20)23(29)21-15-22(26-17-25-21)27(3)14-11-19-9-12-24-13-10-19/h4-10,12-13,15,17-18H,11,14,16H2,1-3H3. The van der Waals surface area contributed by atoms with E-state index in [1.165, 1.54) is 11.9 Å². The van der Waals surface area contributed by atoms with E-state index in [1.807, 2.05) is 73.2 Å². The number of likely N-dealkylation sites (N-methyl/N-ethyl adjacent to an activating group) is 1.